The van der Waals surface area contributed by atoms with Crippen molar-refractivity contribution < 1.29 is 14.6 Å². The van der Waals surface area contributed by atoms with Crippen molar-refractivity contribution in [2.75, 3.05) is 26.3 Å². The molecule has 1 saturated heterocycles. The molecule has 0 aliphatic carbocycles. The van der Waals surface area contributed by atoms with Crippen molar-refractivity contribution in [3.63, 3.8) is 0 Å². The summed E-state index contributed by atoms with van der Waals surface area (Å²) in [6.07, 6.45) is 1.86. The molecule has 5 heteroatoms. The third-order valence-corrected chi connectivity index (χ3v) is 3.96. The SMILES string of the molecule is CC(CNC(=O)N1CCCC1CO)COCc1ccccc1. The highest BCUT2D eigenvalue weighted by Crippen LogP contribution is 2.16. The molecule has 1 aliphatic heterocycles. The van der Waals surface area contributed by atoms with Crippen LogP contribution in [-0.2, 0) is 11.3 Å². The van der Waals surface area contributed by atoms with Crippen LogP contribution in [-0.4, -0.2) is 48.4 Å². The van der Waals surface area contributed by atoms with Crippen LogP contribution in [0.3, 0.4) is 0 Å². The van der Waals surface area contributed by atoms with E-state index in [1.807, 2.05) is 30.3 Å². The highest BCUT2D eigenvalue weighted by Gasteiger charge is 2.27. The third kappa shape index (κ3) is 5.00. The molecular formula is C17H26N2O3. The van der Waals surface area contributed by atoms with Crippen LogP contribution < -0.4 is 5.32 Å². The zero-order chi connectivity index (χ0) is 15.8. The van der Waals surface area contributed by atoms with E-state index in [1.165, 1.54) is 0 Å². The highest BCUT2D eigenvalue weighted by molar-refractivity contribution is 5.74. The van der Waals surface area contributed by atoms with Crippen LogP contribution in [0.4, 0.5) is 4.79 Å². The maximum Gasteiger partial charge on any atom is 0.317 e. The fraction of sp³-hybridized carbons (Fsp3) is 0.588. The van der Waals surface area contributed by atoms with Gasteiger partial charge in [-0.05, 0) is 24.3 Å². The minimum Gasteiger partial charge on any atom is -0.394 e. The lowest BCUT2D eigenvalue weighted by Gasteiger charge is -2.24. The van der Waals surface area contributed by atoms with Gasteiger partial charge >= 0.3 is 6.03 Å². The predicted molar refractivity (Wildman–Crippen MR) is 85.5 cm³/mol. The molecule has 2 atom stereocenters. The standard InChI is InChI=1S/C17H26N2O3/c1-14(12-22-13-15-6-3-2-4-7-15)10-18-17(21)19-9-5-8-16(19)11-20/h2-4,6-7,14,16,20H,5,8-13H2,1H3,(H,18,21). The number of nitrogens with zero attached hydrogens (tertiary/aromatic N) is 1. The number of amides is 2. The van der Waals surface area contributed by atoms with Crippen molar-refractivity contribution >= 4 is 6.03 Å². The average Bonchev–Trinajstić information content (AvgIpc) is 3.02. The number of carbonyl (C=O) groups is 1. The average molecular weight is 306 g/mol. The summed E-state index contributed by atoms with van der Waals surface area (Å²) in [7, 11) is 0. The van der Waals surface area contributed by atoms with Crippen LogP contribution >= 0.6 is 0 Å². The van der Waals surface area contributed by atoms with Gasteiger partial charge in [-0.3, -0.25) is 0 Å². The third-order valence-electron chi connectivity index (χ3n) is 3.96. The van der Waals surface area contributed by atoms with Crippen LogP contribution in [0, 0.1) is 5.92 Å². The number of benzene rings is 1. The first-order chi connectivity index (χ1) is 10.7. The second kappa shape index (κ2) is 8.76. The molecule has 0 aromatic heterocycles. The summed E-state index contributed by atoms with van der Waals surface area (Å²) in [5.74, 6) is 0.253. The van der Waals surface area contributed by atoms with E-state index >= 15 is 0 Å². The van der Waals surface area contributed by atoms with Gasteiger partial charge in [0.05, 0.1) is 25.9 Å². The molecule has 0 bridgehead atoms. The molecule has 1 aromatic rings. The van der Waals surface area contributed by atoms with Crippen LogP contribution in [0.25, 0.3) is 0 Å². The number of urea groups is 1. The molecule has 1 fully saturated rings. The molecule has 1 heterocycles. The predicted octanol–water partition coefficient (Wildman–Crippen LogP) is 2.01. The first-order valence-corrected chi connectivity index (χ1v) is 7.97. The lowest BCUT2D eigenvalue weighted by Crippen LogP contribution is -2.45. The smallest absolute Gasteiger partial charge is 0.317 e. The molecule has 1 aliphatic rings. The number of carbonyl (C=O) groups excluding carboxylic acids is 1. The molecule has 122 valence electrons. The van der Waals surface area contributed by atoms with E-state index in [0.29, 0.717) is 19.8 Å². The lowest BCUT2D eigenvalue weighted by atomic mass is 10.2. The van der Waals surface area contributed by atoms with E-state index in [9.17, 15) is 9.90 Å². The monoisotopic (exact) mass is 306 g/mol. The largest absolute Gasteiger partial charge is 0.394 e. The number of aliphatic hydroxyl groups excluding tert-OH is 1. The molecule has 2 amide bonds. The number of aliphatic hydroxyl groups is 1. The number of rotatable bonds is 7. The van der Waals surface area contributed by atoms with Crippen molar-refractivity contribution in [2.24, 2.45) is 5.92 Å². The molecule has 0 spiro atoms. The van der Waals surface area contributed by atoms with Crippen molar-refractivity contribution in [1.29, 1.82) is 0 Å². The summed E-state index contributed by atoms with van der Waals surface area (Å²) >= 11 is 0. The minimum atomic E-state index is -0.0774. The molecule has 5 nitrogen and oxygen atoms in total. The highest BCUT2D eigenvalue weighted by atomic mass is 16.5. The summed E-state index contributed by atoms with van der Waals surface area (Å²) in [5, 5.41) is 12.2. The van der Waals surface area contributed by atoms with E-state index in [0.717, 1.165) is 24.9 Å². The van der Waals surface area contributed by atoms with Gasteiger partial charge in [0.15, 0.2) is 0 Å². The number of hydrogen-bond acceptors (Lipinski definition) is 3. The molecule has 0 radical (unpaired) electrons. The quantitative estimate of drug-likeness (QED) is 0.810. The molecule has 2 unspecified atom stereocenters. The minimum absolute atomic E-state index is 0.0235. The first kappa shape index (κ1) is 16.8. The fourth-order valence-electron chi connectivity index (χ4n) is 2.67. The molecule has 2 N–H and O–H groups in total. The molecule has 22 heavy (non-hydrogen) atoms. The van der Waals surface area contributed by atoms with Crippen LogP contribution in [0.15, 0.2) is 30.3 Å². The van der Waals surface area contributed by atoms with Gasteiger partial charge in [0, 0.05) is 13.1 Å². The maximum atomic E-state index is 12.1. The van der Waals surface area contributed by atoms with Gasteiger partial charge in [0.25, 0.3) is 0 Å². The zero-order valence-corrected chi connectivity index (χ0v) is 13.2. The van der Waals surface area contributed by atoms with Gasteiger partial charge in [-0.2, -0.15) is 0 Å². The van der Waals surface area contributed by atoms with Crippen LogP contribution in [0.5, 0.6) is 0 Å². The Balaban J connectivity index is 1.63. The number of likely N-dealkylation sites (tertiary alicyclic amines) is 1. The van der Waals surface area contributed by atoms with Gasteiger partial charge < -0.3 is 20.1 Å². The molecular weight excluding hydrogens is 280 g/mol. The Morgan fingerprint density at radius 2 is 2.23 bits per heavy atom. The van der Waals surface area contributed by atoms with Crippen LogP contribution in [0.1, 0.15) is 25.3 Å². The molecule has 2 rings (SSSR count). The van der Waals surface area contributed by atoms with Crippen molar-refractivity contribution in [1.82, 2.24) is 10.2 Å². The van der Waals surface area contributed by atoms with E-state index in [4.69, 9.17) is 4.74 Å². The summed E-state index contributed by atoms with van der Waals surface area (Å²) in [6, 6.07) is 9.95. The fourth-order valence-corrected chi connectivity index (χ4v) is 2.67. The van der Waals surface area contributed by atoms with Gasteiger partial charge in [-0.25, -0.2) is 4.79 Å². The Morgan fingerprint density at radius 1 is 1.45 bits per heavy atom. The number of hydrogen-bond donors (Lipinski definition) is 2. The lowest BCUT2D eigenvalue weighted by molar-refractivity contribution is 0.0912. The number of nitrogens with one attached hydrogen (secondary N) is 1. The topological polar surface area (TPSA) is 61.8 Å². The van der Waals surface area contributed by atoms with Gasteiger partial charge in [-0.15, -0.1) is 0 Å². The molecule has 0 saturated carbocycles. The second-order valence-electron chi connectivity index (χ2n) is 5.96. The summed E-state index contributed by atoms with van der Waals surface area (Å²) in [4.78, 5) is 13.8. The Morgan fingerprint density at radius 3 is 2.95 bits per heavy atom. The summed E-state index contributed by atoms with van der Waals surface area (Å²) < 4.78 is 5.68. The van der Waals surface area contributed by atoms with E-state index in [2.05, 4.69) is 12.2 Å². The Hall–Kier alpha value is -1.59. The maximum absolute atomic E-state index is 12.1. The summed E-state index contributed by atoms with van der Waals surface area (Å²) in [6.45, 7) is 4.62. The van der Waals surface area contributed by atoms with E-state index in [1.54, 1.807) is 4.90 Å². The normalized spacial score (nSPS) is 19.2. The molecule has 1 aromatic carbocycles. The Bertz CT molecular complexity index is 452. The van der Waals surface area contributed by atoms with Crippen LogP contribution in [0.2, 0.25) is 0 Å². The number of ether oxygens (including phenoxy) is 1. The summed E-state index contributed by atoms with van der Waals surface area (Å²) in [5.41, 5.74) is 1.15. The van der Waals surface area contributed by atoms with Crippen molar-refractivity contribution in [3.8, 4) is 0 Å². The van der Waals surface area contributed by atoms with E-state index in [-0.39, 0.29) is 24.6 Å². The van der Waals surface area contributed by atoms with Gasteiger partial charge in [0.1, 0.15) is 0 Å². The Kier molecular flexibility index (Phi) is 6.68. The second-order valence-corrected chi connectivity index (χ2v) is 5.96. The van der Waals surface area contributed by atoms with E-state index < -0.39 is 0 Å². The Labute approximate surface area is 132 Å². The van der Waals surface area contributed by atoms with Crippen molar-refractivity contribution in [2.45, 2.75) is 32.4 Å². The van der Waals surface area contributed by atoms with Gasteiger partial charge in [-0.1, -0.05) is 37.3 Å². The first-order valence-electron chi connectivity index (χ1n) is 7.97. The van der Waals surface area contributed by atoms with Gasteiger partial charge in [0.2, 0.25) is 0 Å². The zero-order valence-electron chi connectivity index (χ0n) is 13.2. The van der Waals surface area contributed by atoms with Crippen molar-refractivity contribution in [3.05, 3.63) is 35.9 Å².